The van der Waals surface area contributed by atoms with Crippen molar-refractivity contribution in [1.29, 1.82) is 0 Å². The van der Waals surface area contributed by atoms with E-state index >= 15 is 0 Å². The molecule has 1 aromatic heterocycles. The molecule has 25 heavy (non-hydrogen) atoms. The third-order valence-corrected chi connectivity index (χ3v) is 5.22. The molecule has 2 aromatic rings. The summed E-state index contributed by atoms with van der Waals surface area (Å²) in [5.74, 6) is 0.594. The Morgan fingerprint density at radius 1 is 1.44 bits per heavy atom. The summed E-state index contributed by atoms with van der Waals surface area (Å²) in [7, 11) is 1.82. The van der Waals surface area contributed by atoms with Crippen LogP contribution < -0.4 is 4.74 Å². The van der Waals surface area contributed by atoms with E-state index in [1.807, 2.05) is 44.4 Å². The van der Waals surface area contributed by atoms with E-state index in [1.165, 1.54) is 4.88 Å². The van der Waals surface area contributed by atoms with Gasteiger partial charge in [-0.3, -0.25) is 4.79 Å². The van der Waals surface area contributed by atoms with Crippen molar-refractivity contribution in [3.05, 3.63) is 45.9 Å². The second-order valence-electron chi connectivity index (χ2n) is 6.28. The van der Waals surface area contributed by atoms with Gasteiger partial charge in [-0.15, -0.1) is 11.3 Å². The molecule has 1 aliphatic rings. The van der Waals surface area contributed by atoms with Crippen LogP contribution in [0.1, 0.15) is 33.1 Å². The van der Waals surface area contributed by atoms with Crippen LogP contribution in [0.2, 0.25) is 0 Å². The number of hydrogen-bond donors (Lipinski definition) is 0. The van der Waals surface area contributed by atoms with Gasteiger partial charge in [-0.25, -0.2) is 4.98 Å². The molecule has 3 rings (SSSR count). The van der Waals surface area contributed by atoms with Crippen LogP contribution in [0.15, 0.2) is 30.5 Å². The fraction of sp³-hybridized carbons (Fsp3) is 0.474. The van der Waals surface area contributed by atoms with Gasteiger partial charge in [-0.2, -0.15) is 0 Å². The number of thiazole rings is 1. The number of aromatic nitrogens is 1. The molecule has 1 amide bonds. The molecule has 1 atom stereocenters. The summed E-state index contributed by atoms with van der Waals surface area (Å²) in [6.45, 7) is 3.96. The standard InChI is InChI=1S/C19H24N2O3S/c1-14-12-20-18(25-14)9-10-21(2)19(22)16-7-3-4-8-17(16)24-13-15-6-5-11-23-15/h3-4,7-8,12,15H,5-6,9-11,13H2,1-2H3. The molecular formula is C19H24N2O3S. The lowest BCUT2D eigenvalue weighted by Crippen LogP contribution is -2.29. The van der Waals surface area contributed by atoms with Crippen molar-refractivity contribution in [3.8, 4) is 5.75 Å². The van der Waals surface area contributed by atoms with Gasteiger partial charge in [0.05, 0.1) is 16.7 Å². The highest BCUT2D eigenvalue weighted by Gasteiger charge is 2.20. The fourth-order valence-electron chi connectivity index (χ4n) is 2.82. The topological polar surface area (TPSA) is 51.7 Å². The summed E-state index contributed by atoms with van der Waals surface area (Å²) in [6.07, 6.45) is 4.86. The molecule has 1 saturated heterocycles. The minimum atomic E-state index is -0.0313. The van der Waals surface area contributed by atoms with Crippen molar-refractivity contribution in [1.82, 2.24) is 9.88 Å². The van der Waals surface area contributed by atoms with Crippen LogP contribution in [0.4, 0.5) is 0 Å². The molecule has 0 aliphatic carbocycles. The van der Waals surface area contributed by atoms with E-state index in [4.69, 9.17) is 9.47 Å². The highest BCUT2D eigenvalue weighted by atomic mass is 32.1. The first kappa shape index (κ1) is 17.9. The van der Waals surface area contributed by atoms with Crippen LogP contribution in [0.3, 0.4) is 0 Å². The Balaban J connectivity index is 1.60. The Bertz CT molecular complexity index is 710. The first-order chi connectivity index (χ1) is 12.1. The SMILES string of the molecule is Cc1cnc(CCN(C)C(=O)c2ccccc2OCC2CCCO2)s1. The van der Waals surface area contributed by atoms with E-state index < -0.39 is 0 Å². The number of aryl methyl sites for hydroxylation is 1. The van der Waals surface area contributed by atoms with Gasteiger partial charge in [-0.1, -0.05) is 12.1 Å². The van der Waals surface area contributed by atoms with Crippen LogP contribution in [-0.4, -0.2) is 48.7 Å². The number of nitrogens with zero attached hydrogens (tertiary/aromatic N) is 2. The number of rotatable bonds is 7. The number of para-hydroxylation sites is 1. The van der Waals surface area contributed by atoms with Crippen LogP contribution in [0.5, 0.6) is 5.75 Å². The largest absolute Gasteiger partial charge is 0.490 e. The molecule has 1 aliphatic heterocycles. The zero-order valence-electron chi connectivity index (χ0n) is 14.7. The maximum Gasteiger partial charge on any atom is 0.257 e. The van der Waals surface area contributed by atoms with Crippen molar-refractivity contribution in [2.24, 2.45) is 0 Å². The average Bonchev–Trinajstić information content (AvgIpc) is 3.29. The molecule has 1 unspecified atom stereocenters. The number of amides is 1. The third-order valence-electron chi connectivity index (χ3n) is 4.24. The Kier molecular flexibility index (Phi) is 6.04. The van der Waals surface area contributed by atoms with Gasteiger partial charge in [0.25, 0.3) is 5.91 Å². The number of likely N-dealkylation sites (N-methyl/N-ethyl adjacent to an activating group) is 1. The van der Waals surface area contributed by atoms with E-state index in [-0.39, 0.29) is 12.0 Å². The third kappa shape index (κ3) is 4.80. The molecule has 0 bridgehead atoms. The smallest absolute Gasteiger partial charge is 0.257 e. The van der Waals surface area contributed by atoms with E-state index in [1.54, 1.807) is 16.2 Å². The number of benzene rings is 1. The van der Waals surface area contributed by atoms with Crippen molar-refractivity contribution in [3.63, 3.8) is 0 Å². The van der Waals surface area contributed by atoms with Crippen molar-refractivity contribution >= 4 is 17.2 Å². The molecule has 0 radical (unpaired) electrons. The zero-order chi connectivity index (χ0) is 17.6. The minimum absolute atomic E-state index is 0.0313. The number of hydrogen-bond acceptors (Lipinski definition) is 5. The van der Waals surface area contributed by atoms with E-state index in [0.717, 1.165) is 30.9 Å². The van der Waals surface area contributed by atoms with Gasteiger partial charge in [0.15, 0.2) is 0 Å². The maximum atomic E-state index is 12.8. The molecule has 0 spiro atoms. The monoisotopic (exact) mass is 360 g/mol. The van der Waals surface area contributed by atoms with E-state index in [9.17, 15) is 4.79 Å². The summed E-state index contributed by atoms with van der Waals surface area (Å²) >= 11 is 1.67. The molecule has 0 N–H and O–H groups in total. The molecule has 5 nitrogen and oxygen atoms in total. The van der Waals surface area contributed by atoms with Crippen molar-refractivity contribution < 1.29 is 14.3 Å². The summed E-state index contributed by atoms with van der Waals surface area (Å²) in [4.78, 5) is 20.1. The second-order valence-corrected chi connectivity index (χ2v) is 7.60. The lowest BCUT2D eigenvalue weighted by Gasteiger charge is -2.19. The van der Waals surface area contributed by atoms with Crippen LogP contribution >= 0.6 is 11.3 Å². The van der Waals surface area contributed by atoms with Gasteiger partial charge in [0.2, 0.25) is 0 Å². The van der Waals surface area contributed by atoms with Gasteiger partial charge in [-0.05, 0) is 31.9 Å². The minimum Gasteiger partial charge on any atom is -0.490 e. The van der Waals surface area contributed by atoms with Gasteiger partial charge < -0.3 is 14.4 Å². The summed E-state index contributed by atoms with van der Waals surface area (Å²) in [6, 6.07) is 7.42. The number of ether oxygens (including phenoxy) is 2. The number of carbonyl (C=O) groups excluding carboxylic acids is 1. The van der Waals surface area contributed by atoms with Crippen molar-refractivity contribution in [2.45, 2.75) is 32.3 Å². The van der Waals surface area contributed by atoms with Gasteiger partial charge in [0, 0.05) is 37.7 Å². The normalized spacial score (nSPS) is 16.8. The summed E-state index contributed by atoms with van der Waals surface area (Å²) < 4.78 is 11.5. The highest BCUT2D eigenvalue weighted by Crippen LogP contribution is 2.22. The maximum absolute atomic E-state index is 12.8. The second kappa shape index (κ2) is 8.45. The van der Waals surface area contributed by atoms with Crippen LogP contribution in [0.25, 0.3) is 0 Å². The quantitative estimate of drug-likeness (QED) is 0.760. The Labute approximate surface area is 152 Å². The Morgan fingerprint density at radius 3 is 3.00 bits per heavy atom. The lowest BCUT2D eigenvalue weighted by atomic mass is 10.1. The zero-order valence-corrected chi connectivity index (χ0v) is 15.6. The average molecular weight is 360 g/mol. The lowest BCUT2D eigenvalue weighted by molar-refractivity contribution is 0.0658. The van der Waals surface area contributed by atoms with E-state index in [2.05, 4.69) is 4.98 Å². The van der Waals surface area contributed by atoms with Crippen molar-refractivity contribution in [2.75, 3.05) is 26.8 Å². The first-order valence-electron chi connectivity index (χ1n) is 8.63. The predicted octanol–water partition coefficient (Wildman–Crippen LogP) is 3.32. The Hall–Kier alpha value is -1.92. The molecule has 1 aromatic carbocycles. The first-order valence-corrected chi connectivity index (χ1v) is 9.45. The predicted molar refractivity (Wildman–Crippen MR) is 98.4 cm³/mol. The fourth-order valence-corrected chi connectivity index (χ4v) is 3.59. The van der Waals surface area contributed by atoms with Crippen LogP contribution in [0, 0.1) is 6.92 Å². The van der Waals surface area contributed by atoms with Crippen LogP contribution in [-0.2, 0) is 11.2 Å². The molecule has 134 valence electrons. The molecule has 1 fully saturated rings. The molecular weight excluding hydrogens is 336 g/mol. The molecule has 2 heterocycles. The molecule has 6 heteroatoms. The number of carbonyl (C=O) groups is 1. The van der Waals surface area contributed by atoms with E-state index in [0.29, 0.717) is 24.5 Å². The highest BCUT2D eigenvalue weighted by molar-refractivity contribution is 7.11. The van der Waals surface area contributed by atoms with Gasteiger partial charge in [0.1, 0.15) is 12.4 Å². The summed E-state index contributed by atoms with van der Waals surface area (Å²) in [5.41, 5.74) is 0.596. The van der Waals surface area contributed by atoms with Gasteiger partial charge >= 0.3 is 0 Å². The summed E-state index contributed by atoms with van der Waals surface area (Å²) in [5, 5.41) is 1.06. The Morgan fingerprint density at radius 2 is 2.28 bits per heavy atom. The molecule has 0 saturated carbocycles.